The zero-order valence-corrected chi connectivity index (χ0v) is 14.5. The summed E-state index contributed by atoms with van der Waals surface area (Å²) in [5.74, 6) is 0.983. The summed E-state index contributed by atoms with van der Waals surface area (Å²) in [5.41, 5.74) is 2.91. The molecule has 5 nitrogen and oxygen atoms in total. The van der Waals surface area contributed by atoms with Crippen molar-refractivity contribution in [2.75, 3.05) is 5.32 Å². The minimum Gasteiger partial charge on any atom is -0.328 e. The van der Waals surface area contributed by atoms with Crippen molar-refractivity contribution in [2.45, 2.75) is 32.7 Å². The van der Waals surface area contributed by atoms with E-state index in [0.717, 1.165) is 17.2 Å². The third kappa shape index (κ3) is 4.32. The minimum absolute atomic E-state index is 0.00287. The second-order valence-electron chi connectivity index (χ2n) is 6.05. The Hall–Kier alpha value is -2.95. The molecular formula is C20H22N4O. The first-order chi connectivity index (χ1) is 12.1. The number of carbonyl (C=O) groups is 1. The van der Waals surface area contributed by atoms with E-state index in [-0.39, 0.29) is 11.9 Å². The first kappa shape index (κ1) is 16.9. The second-order valence-corrected chi connectivity index (χ2v) is 6.05. The molecule has 0 unspecified atom stereocenters. The Morgan fingerprint density at radius 3 is 2.56 bits per heavy atom. The lowest BCUT2D eigenvalue weighted by atomic mass is 10.1. The van der Waals surface area contributed by atoms with Crippen LogP contribution in [0.4, 0.5) is 5.69 Å². The number of carbonyl (C=O) groups excluding carboxylic acids is 1. The predicted molar refractivity (Wildman–Crippen MR) is 98.4 cm³/mol. The summed E-state index contributed by atoms with van der Waals surface area (Å²) in [6, 6.07) is 13.9. The topological polar surface area (TPSA) is 59.8 Å². The van der Waals surface area contributed by atoms with Crippen molar-refractivity contribution in [3.8, 4) is 0 Å². The van der Waals surface area contributed by atoms with Gasteiger partial charge in [-0.1, -0.05) is 18.2 Å². The molecule has 0 aliphatic heterocycles. The fraction of sp³-hybridized carbons (Fsp3) is 0.250. The molecule has 1 amide bonds. The van der Waals surface area contributed by atoms with Crippen LogP contribution in [0.2, 0.25) is 0 Å². The number of anilines is 1. The van der Waals surface area contributed by atoms with Crippen LogP contribution in [0.25, 0.3) is 0 Å². The molecule has 0 saturated heterocycles. The van der Waals surface area contributed by atoms with Crippen LogP contribution in [-0.2, 0) is 11.2 Å². The number of amides is 1. The molecule has 1 aromatic carbocycles. The number of imidazole rings is 1. The standard InChI is InChI=1S/C20H22N4O/c1-15(24-14-13-21-16(24)2)17-6-8-19(9-7-17)23-20(25)11-10-18-5-3-4-12-22-18/h3-9,12-15H,10-11H2,1-2H3,(H,23,25)/t15-/m0/s1. The fourth-order valence-corrected chi connectivity index (χ4v) is 2.81. The van der Waals surface area contributed by atoms with Gasteiger partial charge in [0.05, 0.1) is 6.04 Å². The molecule has 1 atom stereocenters. The zero-order valence-electron chi connectivity index (χ0n) is 14.5. The summed E-state index contributed by atoms with van der Waals surface area (Å²) in [5, 5.41) is 2.94. The number of benzene rings is 1. The summed E-state index contributed by atoms with van der Waals surface area (Å²) in [6.45, 7) is 4.13. The lowest BCUT2D eigenvalue weighted by Gasteiger charge is -2.16. The average molecular weight is 334 g/mol. The first-order valence-electron chi connectivity index (χ1n) is 8.42. The van der Waals surface area contributed by atoms with Gasteiger partial charge in [-0.25, -0.2) is 4.98 Å². The third-order valence-corrected chi connectivity index (χ3v) is 4.29. The van der Waals surface area contributed by atoms with E-state index >= 15 is 0 Å². The molecule has 3 aromatic rings. The van der Waals surface area contributed by atoms with Gasteiger partial charge in [-0.3, -0.25) is 9.78 Å². The molecular weight excluding hydrogens is 312 g/mol. The molecule has 0 spiro atoms. The molecule has 25 heavy (non-hydrogen) atoms. The minimum atomic E-state index is -0.00287. The van der Waals surface area contributed by atoms with Gasteiger partial charge in [0.1, 0.15) is 5.82 Å². The van der Waals surface area contributed by atoms with Crippen molar-refractivity contribution < 1.29 is 4.79 Å². The summed E-state index contributed by atoms with van der Waals surface area (Å²) >= 11 is 0. The van der Waals surface area contributed by atoms with Crippen LogP contribution in [0.5, 0.6) is 0 Å². The summed E-state index contributed by atoms with van der Waals surface area (Å²) < 4.78 is 2.13. The van der Waals surface area contributed by atoms with Crippen LogP contribution in [-0.4, -0.2) is 20.4 Å². The lowest BCUT2D eigenvalue weighted by molar-refractivity contribution is -0.116. The van der Waals surface area contributed by atoms with Gasteiger partial charge in [-0.2, -0.15) is 0 Å². The molecule has 3 rings (SSSR count). The van der Waals surface area contributed by atoms with E-state index in [0.29, 0.717) is 12.8 Å². The maximum Gasteiger partial charge on any atom is 0.224 e. The molecule has 5 heteroatoms. The molecule has 0 bridgehead atoms. The molecule has 0 fully saturated rings. The van der Waals surface area contributed by atoms with Crippen molar-refractivity contribution in [3.63, 3.8) is 0 Å². The van der Waals surface area contributed by atoms with Crippen molar-refractivity contribution in [3.05, 3.63) is 78.1 Å². The van der Waals surface area contributed by atoms with Gasteiger partial charge in [0, 0.05) is 36.4 Å². The number of aromatic nitrogens is 3. The number of nitrogens with one attached hydrogen (secondary N) is 1. The number of nitrogens with zero attached hydrogens (tertiary/aromatic N) is 3. The monoisotopic (exact) mass is 334 g/mol. The molecule has 2 aromatic heterocycles. The third-order valence-electron chi connectivity index (χ3n) is 4.29. The maximum absolute atomic E-state index is 12.1. The van der Waals surface area contributed by atoms with Gasteiger partial charge in [-0.15, -0.1) is 0 Å². The predicted octanol–water partition coefficient (Wildman–Crippen LogP) is 3.77. The van der Waals surface area contributed by atoms with Gasteiger partial charge in [0.15, 0.2) is 0 Å². The molecule has 0 radical (unpaired) electrons. The van der Waals surface area contributed by atoms with Crippen LogP contribution in [0.1, 0.15) is 36.5 Å². The molecule has 2 heterocycles. The van der Waals surface area contributed by atoms with Gasteiger partial charge >= 0.3 is 0 Å². The molecule has 0 saturated carbocycles. The van der Waals surface area contributed by atoms with Gasteiger partial charge < -0.3 is 9.88 Å². The van der Waals surface area contributed by atoms with Crippen LogP contribution in [0.3, 0.4) is 0 Å². The van der Waals surface area contributed by atoms with E-state index < -0.39 is 0 Å². The Kier molecular flexibility index (Phi) is 5.23. The van der Waals surface area contributed by atoms with Crippen molar-refractivity contribution in [2.24, 2.45) is 0 Å². The Morgan fingerprint density at radius 1 is 1.12 bits per heavy atom. The number of rotatable bonds is 6. The van der Waals surface area contributed by atoms with Crippen LogP contribution >= 0.6 is 0 Å². The van der Waals surface area contributed by atoms with E-state index in [1.165, 1.54) is 5.56 Å². The molecule has 1 N–H and O–H groups in total. The SMILES string of the molecule is Cc1nccn1[C@@H](C)c1ccc(NC(=O)CCc2ccccn2)cc1. The largest absolute Gasteiger partial charge is 0.328 e. The Bertz CT molecular complexity index is 824. The van der Waals surface area contributed by atoms with E-state index in [4.69, 9.17) is 0 Å². The van der Waals surface area contributed by atoms with Gasteiger partial charge in [-0.05, 0) is 50.1 Å². The second kappa shape index (κ2) is 7.75. The zero-order chi connectivity index (χ0) is 17.6. The highest BCUT2D eigenvalue weighted by Gasteiger charge is 2.10. The number of hydrogen-bond donors (Lipinski definition) is 1. The maximum atomic E-state index is 12.1. The highest BCUT2D eigenvalue weighted by Crippen LogP contribution is 2.21. The van der Waals surface area contributed by atoms with Crippen LogP contribution in [0, 0.1) is 6.92 Å². The van der Waals surface area contributed by atoms with E-state index in [1.54, 1.807) is 6.20 Å². The summed E-state index contributed by atoms with van der Waals surface area (Å²) in [6.07, 6.45) is 6.59. The van der Waals surface area contributed by atoms with E-state index in [2.05, 4.69) is 26.8 Å². The summed E-state index contributed by atoms with van der Waals surface area (Å²) in [7, 11) is 0. The fourth-order valence-electron chi connectivity index (χ4n) is 2.81. The smallest absolute Gasteiger partial charge is 0.224 e. The number of hydrogen-bond acceptors (Lipinski definition) is 3. The molecule has 0 aliphatic rings. The highest BCUT2D eigenvalue weighted by molar-refractivity contribution is 5.90. The van der Waals surface area contributed by atoms with E-state index in [9.17, 15) is 4.79 Å². The molecule has 0 aliphatic carbocycles. The lowest BCUT2D eigenvalue weighted by Crippen LogP contribution is -2.13. The van der Waals surface area contributed by atoms with Crippen LogP contribution < -0.4 is 5.32 Å². The van der Waals surface area contributed by atoms with Crippen molar-refractivity contribution in [1.29, 1.82) is 0 Å². The highest BCUT2D eigenvalue weighted by atomic mass is 16.1. The normalized spacial score (nSPS) is 11.9. The molecule has 128 valence electrons. The van der Waals surface area contributed by atoms with Crippen LogP contribution in [0.15, 0.2) is 61.1 Å². The summed E-state index contributed by atoms with van der Waals surface area (Å²) in [4.78, 5) is 20.6. The Morgan fingerprint density at radius 2 is 1.92 bits per heavy atom. The van der Waals surface area contributed by atoms with Gasteiger partial charge in [0.2, 0.25) is 5.91 Å². The Labute approximate surface area is 147 Å². The Balaban J connectivity index is 1.57. The first-order valence-corrected chi connectivity index (χ1v) is 8.42. The average Bonchev–Trinajstić information content (AvgIpc) is 3.07. The van der Waals surface area contributed by atoms with Crippen molar-refractivity contribution >= 4 is 11.6 Å². The number of pyridine rings is 1. The van der Waals surface area contributed by atoms with Gasteiger partial charge in [0.25, 0.3) is 0 Å². The quantitative estimate of drug-likeness (QED) is 0.746. The van der Waals surface area contributed by atoms with Crippen molar-refractivity contribution in [1.82, 2.24) is 14.5 Å². The number of aryl methyl sites for hydroxylation is 2. The van der Waals surface area contributed by atoms with E-state index in [1.807, 2.05) is 61.8 Å².